The van der Waals surface area contributed by atoms with Crippen molar-refractivity contribution in [2.75, 3.05) is 53.1 Å². The zero-order valence-electron chi connectivity index (χ0n) is 13.2. The summed E-state index contributed by atoms with van der Waals surface area (Å²) in [4.78, 5) is 1.65. The maximum Gasteiger partial charge on any atom is 0.161 e. The van der Waals surface area contributed by atoms with E-state index in [0.717, 1.165) is 50.9 Å². The fourth-order valence-corrected chi connectivity index (χ4v) is 2.60. The van der Waals surface area contributed by atoms with Gasteiger partial charge in [-0.2, -0.15) is 0 Å². The van der Waals surface area contributed by atoms with E-state index in [2.05, 4.69) is 17.4 Å². The molecule has 2 rings (SSSR count). The SMILES string of the molecule is CCOc1ccc(C[NH2+]CC[NH+]2CCOCC2)cc1OC. The molecule has 118 valence electrons. The Bertz CT molecular complexity index is 420. The lowest BCUT2D eigenvalue weighted by Gasteiger charge is -2.22. The number of rotatable bonds is 8. The molecule has 0 amide bonds. The fraction of sp³-hybridized carbons (Fsp3) is 0.625. The molecule has 0 aromatic heterocycles. The van der Waals surface area contributed by atoms with Gasteiger partial charge in [0.15, 0.2) is 11.5 Å². The maximum atomic E-state index is 5.54. The van der Waals surface area contributed by atoms with E-state index in [-0.39, 0.29) is 0 Å². The van der Waals surface area contributed by atoms with Crippen LogP contribution in [0.15, 0.2) is 18.2 Å². The first-order chi connectivity index (χ1) is 10.3. The first-order valence-corrected chi connectivity index (χ1v) is 7.86. The summed E-state index contributed by atoms with van der Waals surface area (Å²) in [6.45, 7) is 10.1. The van der Waals surface area contributed by atoms with Crippen molar-refractivity contribution in [3.05, 3.63) is 23.8 Å². The average molecular weight is 296 g/mol. The molecule has 1 heterocycles. The van der Waals surface area contributed by atoms with Crippen LogP contribution in [0.4, 0.5) is 0 Å². The molecular weight excluding hydrogens is 268 g/mol. The second kappa shape index (κ2) is 8.87. The van der Waals surface area contributed by atoms with Gasteiger partial charge in [0.05, 0.1) is 26.9 Å². The minimum absolute atomic E-state index is 0.657. The van der Waals surface area contributed by atoms with Crippen LogP contribution in [0.5, 0.6) is 11.5 Å². The first-order valence-electron chi connectivity index (χ1n) is 7.86. The summed E-state index contributed by atoms with van der Waals surface area (Å²) >= 11 is 0. The van der Waals surface area contributed by atoms with Crippen LogP contribution in [0.1, 0.15) is 12.5 Å². The van der Waals surface area contributed by atoms with Crippen LogP contribution in [0.3, 0.4) is 0 Å². The number of nitrogens with two attached hydrogens (primary N) is 1. The van der Waals surface area contributed by atoms with E-state index in [4.69, 9.17) is 14.2 Å². The number of quaternary nitrogens is 2. The molecule has 5 nitrogen and oxygen atoms in total. The molecule has 0 radical (unpaired) electrons. The fourth-order valence-electron chi connectivity index (χ4n) is 2.60. The Morgan fingerprint density at radius 2 is 2.05 bits per heavy atom. The van der Waals surface area contributed by atoms with Crippen LogP contribution in [0.2, 0.25) is 0 Å². The zero-order chi connectivity index (χ0) is 14.9. The Kier molecular flexibility index (Phi) is 6.79. The highest BCUT2D eigenvalue weighted by molar-refractivity contribution is 5.42. The molecule has 1 saturated heterocycles. The van der Waals surface area contributed by atoms with Crippen molar-refractivity contribution in [2.24, 2.45) is 0 Å². The Morgan fingerprint density at radius 1 is 1.24 bits per heavy atom. The number of benzene rings is 1. The van der Waals surface area contributed by atoms with Gasteiger partial charge < -0.3 is 24.4 Å². The van der Waals surface area contributed by atoms with E-state index in [1.54, 1.807) is 12.0 Å². The molecule has 0 saturated carbocycles. The summed E-state index contributed by atoms with van der Waals surface area (Å²) in [5, 5.41) is 2.36. The minimum Gasteiger partial charge on any atom is -0.493 e. The molecule has 1 aromatic rings. The van der Waals surface area contributed by atoms with Crippen molar-refractivity contribution in [3.8, 4) is 11.5 Å². The zero-order valence-corrected chi connectivity index (χ0v) is 13.2. The number of methoxy groups -OCH3 is 1. The summed E-state index contributed by atoms with van der Waals surface area (Å²) in [6, 6.07) is 6.19. The molecule has 0 unspecified atom stereocenters. The number of hydrogen-bond acceptors (Lipinski definition) is 3. The third kappa shape index (κ3) is 5.19. The summed E-state index contributed by atoms with van der Waals surface area (Å²) in [7, 11) is 1.69. The van der Waals surface area contributed by atoms with E-state index in [1.807, 2.05) is 13.0 Å². The lowest BCUT2D eigenvalue weighted by atomic mass is 10.2. The molecular formula is C16H28N2O3+2. The lowest BCUT2D eigenvalue weighted by Crippen LogP contribution is -3.16. The van der Waals surface area contributed by atoms with Crippen molar-refractivity contribution in [1.29, 1.82) is 0 Å². The first kappa shape index (κ1) is 16.1. The number of hydrogen-bond donors (Lipinski definition) is 2. The highest BCUT2D eigenvalue weighted by Crippen LogP contribution is 2.27. The van der Waals surface area contributed by atoms with Crippen LogP contribution in [0.25, 0.3) is 0 Å². The minimum atomic E-state index is 0.657. The van der Waals surface area contributed by atoms with E-state index in [1.165, 1.54) is 12.1 Å². The standard InChI is InChI=1S/C16H26N2O3/c1-3-21-15-5-4-14(12-16(15)19-2)13-17-6-7-18-8-10-20-11-9-18/h4-5,12,17H,3,6-11,13H2,1-2H3/p+2. The van der Waals surface area contributed by atoms with Crippen LogP contribution in [0, 0.1) is 0 Å². The second-order valence-electron chi connectivity index (χ2n) is 5.31. The molecule has 3 N–H and O–H groups in total. The molecule has 0 spiro atoms. The predicted octanol–water partition coefficient (Wildman–Crippen LogP) is -0.928. The molecule has 0 atom stereocenters. The highest BCUT2D eigenvalue weighted by Gasteiger charge is 2.13. The quantitative estimate of drug-likeness (QED) is 0.610. The molecule has 1 aliphatic heterocycles. The molecule has 1 aliphatic rings. The van der Waals surface area contributed by atoms with Crippen molar-refractivity contribution in [3.63, 3.8) is 0 Å². The molecule has 0 aliphatic carbocycles. The molecule has 1 aromatic carbocycles. The van der Waals surface area contributed by atoms with E-state index >= 15 is 0 Å². The Morgan fingerprint density at radius 3 is 2.76 bits per heavy atom. The average Bonchev–Trinajstić information content (AvgIpc) is 2.54. The molecule has 5 heteroatoms. The predicted molar refractivity (Wildman–Crippen MR) is 81.0 cm³/mol. The van der Waals surface area contributed by atoms with Crippen molar-refractivity contribution < 1.29 is 24.4 Å². The van der Waals surface area contributed by atoms with Gasteiger partial charge in [-0.15, -0.1) is 0 Å². The van der Waals surface area contributed by atoms with Crippen molar-refractivity contribution in [1.82, 2.24) is 0 Å². The van der Waals surface area contributed by atoms with Gasteiger partial charge in [0.25, 0.3) is 0 Å². The second-order valence-corrected chi connectivity index (χ2v) is 5.31. The Labute approximate surface area is 127 Å². The molecule has 0 bridgehead atoms. The highest BCUT2D eigenvalue weighted by atomic mass is 16.5. The van der Waals surface area contributed by atoms with Gasteiger partial charge in [-0.25, -0.2) is 0 Å². The topological polar surface area (TPSA) is 48.7 Å². The number of nitrogens with one attached hydrogen (secondary N) is 1. The van der Waals surface area contributed by atoms with Crippen LogP contribution < -0.4 is 19.7 Å². The third-order valence-electron chi connectivity index (χ3n) is 3.81. The smallest absolute Gasteiger partial charge is 0.161 e. The van der Waals surface area contributed by atoms with Crippen LogP contribution >= 0.6 is 0 Å². The van der Waals surface area contributed by atoms with Gasteiger partial charge in [0.1, 0.15) is 32.7 Å². The number of ether oxygens (including phenoxy) is 3. The monoisotopic (exact) mass is 296 g/mol. The summed E-state index contributed by atoms with van der Waals surface area (Å²) in [6.07, 6.45) is 0. The molecule has 21 heavy (non-hydrogen) atoms. The van der Waals surface area contributed by atoms with Gasteiger partial charge in [0.2, 0.25) is 0 Å². The van der Waals surface area contributed by atoms with Gasteiger partial charge in [0, 0.05) is 5.56 Å². The van der Waals surface area contributed by atoms with Gasteiger partial charge in [-0.3, -0.25) is 0 Å². The van der Waals surface area contributed by atoms with E-state index in [0.29, 0.717) is 6.61 Å². The third-order valence-corrected chi connectivity index (χ3v) is 3.81. The Hall–Kier alpha value is -1.30. The largest absolute Gasteiger partial charge is 0.493 e. The summed E-state index contributed by atoms with van der Waals surface area (Å²) in [5.41, 5.74) is 1.27. The van der Waals surface area contributed by atoms with Crippen molar-refractivity contribution >= 4 is 0 Å². The van der Waals surface area contributed by atoms with Gasteiger partial charge >= 0.3 is 0 Å². The number of morpholine rings is 1. The lowest BCUT2D eigenvalue weighted by molar-refractivity contribution is -0.920. The molecule has 1 fully saturated rings. The summed E-state index contributed by atoms with van der Waals surface area (Å²) in [5.74, 6) is 1.64. The van der Waals surface area contributed by atoms with Gasteiger partial charge in [-0.1, -0.05) is 0 Å². The van der Waals surface area contributed by atoms with E-state index in [9.17, 15) is 0 Å². The van der Waals surface area contributed by atoms with Gasteiger partial charge in [-0.05, 0) is 25.1 Å². The normalized spacial score (nSPS) is 15.9. The Balaban J connectivity index is 1.74. The van der Waals surface area contributed by atoms with Crippen LogP contribution in [-0.2, 0) is 11.3 Å². The van der Waals surface area contributed by atoms with E-state index < -0.39 is 0 Å². The van der Waals surface area contributed by atoms with Crippen LogP contribution in [-0.4, -0.2) is 53.1 Å². The maximum absolute atomic E-state index is 5.54. The summed E-state index contributed by atoms with van der Waals surface area (Å²) < 4.78 is 16.3. The van der Waals surface area contributed by atoms with Crippen molar-refractivity contribution in [2.45, 2.75) is 13.5 Å².